The quantitative estimate of drug-likeness (QED) is 0.625. The van der Waals surface area contributed by atoms with Gasteiger partial charge < -0.3 is 10.2 Å². The summed E-state index contributed by atoms with van der Waals surface area (Å²) >= 11 is 0. The van der Waals surface area contributed by atoms with Crippen molar-refractivity contribution in [2.24, 2.45) is 5.92 Å². The van der Waals surface area contributed by atoms with Crippen LogP contribution in [-0.2, 0) is 29.1 Å². The molecule has 0 spiro atoms. The molecule has 0 bridgehead atoms. The van der Waals surface area contributed by atoms with Gasteiger partial charge in [0, 0.05) is 17.8 Å². The van der Waals surface area contributed by atoms with E-state index in [9.17, 15) is 9.59 Å². The van der Waals surface area contributed by atoms with Gasteiger partial charge >= 0.3 is 0 Å². The number of nitrogens with one attached hydrogen (secondary N) is 1. The van der Waals surface area contributed by atoms with Crippen molar-refractivity contribution in [3.8, 4) is 0 Å². The molecule has 1 aliphatic carbocycles. The largest absolute Gasteiger partial charge is 0.350 e. The minimum absolute atomic E-state index is 0.0686. The number of rotatable bonds is 8. The molecule has 4 rings (SSSR count). The molecule has 1 saturated carbocycles. The molecule has 1 fully saturated rings. The number of carbonyl (C=O) groups is 2. The van der Waals surface area contributed by atoms with Gasteiger partial charge in [-0.25, -0.2) is 0 Å². The van der Waals surface area contributed by atoms with Gasteiger partial charge in [0.1, 0.15) is 0 Å². The van der Waals surface area contributed by atoms with Crippen LogP contribution in [-0.4, -0.2) is 16.8 Å². The average Bonchev–Trinajstić information content (AvgIpc) is 3.63. The number of anilines is 1. The van der Waals surface area contributed by atoms with Gasteiger partial charge in [-0.15, -0.1) is 0 Å². The first kappa shape index (κ1) is 19.8. The second-order valence-electron chi connectivity index (χ2n) is 7.63. The highest BCUT2D eigenvalue weighted by atomic mass is 16.2. The second-order valence-corrected chi connectivity index (χ2v) is 7.63. The molecule has 1 heterocycles. The van der Waals surface area contributed by atoms with Crippen LogP contribution < -0.4 is 10.2 Å². The van der Waals surface area contributed by atoms with Crippen LogP contribution in [0.3, 0.4) is 0 Å². The van der Waals surface area contributed by atoms with Crippen LogP contribution in [0.5, 0.6) is 0 Å². The molecule has 2 aromatic carbocycles. The first-order chi connectivity index (χ1) is 14.7. The number of hydrogen-bond donors (Lipinski definition) is 1. The van der Waals surface area contributed by atoms with Gasteiger partial charge in [0.2, 0.25) is 11.8 Å². The van der Waals surface area contributed by atoms with Crippen LogP contribution in [0.1, 0.15) is 29.7 Å². The summed E-state index contributed by atoms with van der Waals surface area (Å²) in [5, 5.41) is 2.90. The zero-order valence-electron chi connectivity index (χ0n) is 16.8. The molecule has 3 aromatic rings. The van der Waals surface area contributed by atoms with E-state index in [0.717, 1.165) is 35.3 Å². The summed E-state index contributed by atoms with van der Waals surface area (Å²) in [6, 6.07) is 23.4. The van der Waals surface area contributed by atoms with E-state index in [1.165, 1.54) is 0 Å². The number of carbonyl (C=O) groups excluding carboxylic acids is 2. The third-order valence-corrected chi connectivity index (χ3v) is 5.16. The lowest BCUT2D eigenvalue weighted by Gasteiger charge is -2.24. The van der Waals surface area contributed by atoms with E-state index in [4.69, 9.17) is 0 Å². The fourth-order valence-electron chi connectivity index (χ4n) is 3.39. The predicted molar refractivity (Wildman–Crippen MR) is 117 cm³/mol. The van der Waals surface area contributed by atoms with Crippen molar-refractivity contribution in [1.82, 2.24) is 10.3 Å². The Morgan fingerprint density at radius 1 is 0.933 bits per heavy atom. The summed E-state index contributed by atoms with van der Waals surface area (Å²) in [5.41, 5.74) is 3.63. The molecule has 0 unspecified atom stereocenters. The molecule has 5 heteroatoms. The van der Waals surface area contributed by atoms with E-state index in [1.54, 1.807) is 6.20 Å². The molecule has 1 N–H and O–H groups in total. The van der Waals surface area contributed by atoms with Gasteiger partial charge in [-0.05, 0) is 48.2 Å². The van der Waals surface area contributed by atoms with Crippen molar-refractivity contribution >= 4 is 17.5 Å². The highest BCUT2D eigenvalue weighted by Crippen LogP contribution is 2.33. The molecule has 0 radical (unpaired) electrons. The normalized spacial score (nSPS) is 12.9. The number of pyridine rings is 1. The van der Waals surface area contributed by atoms with Gasteiger partial charge in [-0.3, -0.25) is 14.6 Å². The van der Waals surface area contributed by atoms with Gasteiger partial charge in [0.05, 0.1) is 25.2 Å². The zero-order chi connectivity index (χ0) is 20.8. The Bertz CT molecular complexity index is 1000. The summed E-state index contributed by atoms with van der Waals surface area (Å²) < 4.78 is 0. The fraction of sp³-hybridized carbons (Fsp3) is 0.240. The third kappa shape index (κ3) is 5.32. The monoisotopic (exact) mass is 399 g/mol. The Morgan fingerprint density at radius 3 is 2.43 bits per heavy atom. The van der Waals surface area contributed by atoms with Crippen molar-refractivity contribution in [2.75, 3.05) is 4.90 Å². The summed E-state index contributed by atoms with van der Waals surface area (Å²) in [4.78, 5) is 31.4. The molecule has 5 nitrogen and oxygen atoms in total. The summed E-state index contributed by atoms with van der Waals surface area (Å²) in [7, 11) is 0. The van der Waals surface area contributed by atoms with Crippen LogP contribution in [0.2, 0.25) is 0 Å². The topological polar surface area (TPSA) is 62.3 Å². The number of hydrogen-bond acceptors (Lipinski definition) is 3. The van der Waals surface area contributed by atoms with Gasteiger partial charge in [0.15, 0.2) is 0 Å². The van der Waals surface area contributed by atoms with Crippen LogP contribution in [0.15, 0.2) is 79.0 Å². The number of aromatic nitrogens is 1. The first-order valence-corrected chi connectivity index (χ1v) is 10.3. The Morgan fingerprint density at radius 2 is 1.70 bits per heavy atom. The van der Waals surface area contributed by atoms with Crippen LogP contribution >= 0.6 is 0 Å². The maximum atomic E-state index is 12.9. The minimum Gasteiger partial charge on any atom is -0.350 e. The first-order valence-electron chi connectivity index (χ1n) is 10.3. The van der Waals surface area contributed by atoms with E-state index >= 15 is 0 Å². The Labute approximate surface area is 176 Å². The summed E-state index contributed by atoms with van der Waals surface area (Å²) in [6.07, 6.45) is 3.89. The van der Waals surface area contributed by atoms with Crippen LogP contribution in [0.4, 0.5) is 5.69 Å². The van der Waals surface area contributed by atoms with E-state index in [-0.39, 0.29) is 24.2 Å². The molecular weight excluding hydrogens is 374 g/mol. The summed E-state index contributed by atoms with van der Waals surface area (Å²) in [6.45, 7) is 0.936. The van der Waals surface area contributed by atoms with Gasteiger partial charge in [0.25, 0.3) is 0 Å². The Kier molecular flexibility index (Phi) is 6.18. The van der Waals surface area contributed by atoms with Gasteiger partial charge in [-0.1, -0.05) is 48.5 Å². The third-order valence-electron chi connectivity index (χ3n) is 5.16. The lowest BCUT2D eigenvalue weighted by atomic mass is 10.1. The number of benzene rings is 2. The maximum absolute atomic E-state index is 12.9. The molecule has 30 heavy (non-hydrogen) atoms. The summed E-state index contributed by atoms with van der Waals surface area (Å²) in [5.74, 6) is 0.218. The van der Waals surface area contributed by atoms with Gasteiger partial charge in [-0.2, -0.15) is 0 Å². The highest BCUT2D eigenvalue weighted by Gasteiger charge is 2.34. The number of nitrogens with zero attached hydrogens (tertiary/aromatic N) is 2. The minimum atomic E-state index is -0.0686. The Balaban J connectivity index is 1.45. The molecule has 152 valence electrons. The standard InChI is InChI=1S/C25H25N3O2/c29-24(27-17-22-10-4-5-14-26-22)16-20-9-6-11-23(15-20)28(25(30)21-12-13-21)18-19-7-2-1-3-8-19/h1-11,14-15,21H,12-13,16-18H2,(H,27,29). The zero-order valence-corrected chi connectivity index (χ0v) is 16.8. The maximum Gasteiger partial charge on any atom is 0.230 e. The van der Waals surface area contributed by atoms with E-state index in [1.807, 2.05) is 77.7 Å². The van der Waals surface area contributed by atoms with Crippen molar-refractivity contribution in [3.05, 3.63) is 95.8 Å². The smallest absolute Gasteiger partial charge is 0.230 e. The van der Waals surface area contributed by atoms with Crippen molar-refractivity contribution in [1.29, 1.82) is 0 Å². The molecule has 0 saturated heterocycles. The lowest BCUT2D eigenvalue weighted by Crippen LogP contribution is -2.32. The van der Waals surface area contributed by atoms with Crippen molar-refractivity contribution in [2.45, 2.75) is 32.4 Å². The molecule has 1 aliphatic rings. The van der Waals surface area contributed by atoms with E-state index < -0.39 is 0 Å². The lowest BCUT2D eigenvalue weighted by molar-refractivity contribution is -0.121. The van der Waals surface area contributed by atoms with Crippen molar-refractivity contribution in [3.63, 3.8) is 0 Å². The van der Waals surface area contributed by atoms with Crippen LogP contribution in [0.25, 0.3) is 0 Å². The van der Waals surface area contributed by atoms with Crippen LogP contribution in [0, 0.1) is 5.92 Å². The van der Waals surface area contributed by atoms with E-state index in [0.29, 0.717) is 13.1 Å². The molecule has 0 atom stereocenters. The predicted octanol–water partition coefficient (Wildman–Crippen LogP) is 3.88. The highest BCUT2D eigenvalue weighted by molar-refractivity contribution is 5.96. The van der Waals surface area contributed by atoms with Crippen molar-refractivity contribution < 1.29 is 9.59 Å². The molecule has 0 aliphatic heterocycles. The SMILES string of the molecule is O=C(Cc1cccc(N(Cc2ccccc2)C(=O)C2CC2)c1)NCc1ccccn1. The Hall–Kier alpha value is -3.47. The molecular formula is C25H25N3O2. The molecule has 2 amide bonds. The number of amides is 2. The molecule has 1 aromatic heterocycles. The average molecular weight is 399 g/mol. The fourth-order valence-corrected chi connectivity index (χ4v) is 3.39. The second kappa shape index (κ2) is 9.35. The van der Waals surface area contributed by atoms with E-state index in [2.05, 4.69) is 10.3 Å².